The maximum atomic E-state index is 14.1. The average molecular weight is 422 g/mol. The van der Waals surface area contributed by atoms with Crippen molar-refractivity contribution < 1.29 is 23.5 Å². The van der Waals surface area contributed by atoms with Crippen molar-refractivity contribution in [2.45, 2.75) is 18.1 Å². The van der Waals surface area contributed by atoms with Gasteiger partial charge in [-0.3, -0.25) is 9.69 Å². The van der Waals surface area contributed by atoms with Crippen molar-refractivity contribution >= 4 is 11.9 Å². The lowest BCUT2D eigenvalue weighted by molar-refractivity contribution is -0.132. The van der Waals surface area contributed by atoms with Crippen molar-refractivity contribution in [3.63, 3.8) is 0 Å². The summed E-state index contributed by atoms with van der Waals surface area (Å²) in [5, 5.41) is 13.3. The van der Waals surface area contributed by atoms with Crippen molar-refractivity contribution in [1.29, 1.82) is 0 Å². The Balaban J connectivity index is 1.67. The molecule has 0 aliphatic carbocycles. The van der Waals surface area contributed by atoms with E-state index in [9.17, 15) is 23.5 Å². The Morgan fingerprint density at radius 2 is 1.58 bits per heavy atom. The molecule has 3 aromatic carbocycles. The number of urea groups is 1. The number of rotatable bonds is 6. The molecule has 158 valence electrons. The van der Waals surface area contributed by atoms with Crippen LogP contribution >= 0.6 is 0 Å². The molecule has 5 nitrogen and oxygen atoms in total. The van der Waals surface area contributed by atoms with Crippen molar-refractivity contribution in [1.82, 2.24) is 10.2 Å². The third kappa shape index (κ3) is 3.92. The van der Waals surface area contributed by atoms with Crippen LogP contribution < -0.4 is 5.32 Å². The zero-order valence-corrected chi connectivity index (χ0v) is 16.5. The van der Waals surface area contributed by atoms with Crippen LogP contribution in [0.4, 0.5) is 13.6 Å². The number of benzene rings is 3. The molecule has 0 aromatic heterocycles. The number of nitrogens with one attached hydrogen (secondary N) is 1. The molecule has 2 N–H and O–H groups in total. The molecule has 1 aliphatic heterocycles. The molecule has 1 aliphatic rings. The van der Waals surface area contributed by atoms with Gasteiger partial charge in [0.2, 0.25) is 0 Å². The number of imide groups is 1. The topological polar surface area (TPSA) is 69.6 Å². The normalized spacial score (nSPS) is 19.4. The van der Waals surface area contributed by atoms with Crippen LogP contribution in [-0.2, 0) is 16.8 Å². The molecule has 1 heterocycles. The Kier molecular flexibility index (Phi) is 5.52. The summed E-state index contributed by atoms with van der Waals surface area (Å²) in [5.41, 5.74) is -0.114. The lowest BCUT2D eigenvalue weighted by Gasteiger charge is -2.28. The molecule has 1 saturated heterocycles. The SMILES string of the molecule is O=C1NC(Cc2ccccc2)(c2ccccc2)C(=O)N1CC(O)c1ccc(F)cc1F. The fraction of sp³-hybridized carbons (Fsp3) is 0.167. The van der Waals surface area contributed by atoms with E-state index in [-0.39, 0.29) is 12.0 Å². The number of hydrogen-bond acceptors (Lipinski definition) is 3. The zero-order valence-electron chi connectivity index (χ0n) is 16.5. The summed E-state index contributed by atoms with van der Waals surface area (Å²) >= 11 is 0. The molecule has 2 unspecified atom stereocenters. The van der Waals surface area contributed by atoms with Gasteiger partial charge in [-0.2, -0.15) is 0 Å². The molecule has 7 heteroatoms. The van der Waals surface area contributed by atoms with Crippen molar-refractivity contribution in [2.24, 2.45) is 0 Å². The summed E-state index contributed by atoms with van der Waals surface area (Å²) in [5.74, 6) is -2.28. The Morgan fingerprint density at radius 3 is 2.23 bits per heavy atom. The number of aliphatic hydroxyl groups is 1. The minimum Gasteiger partial charge on any atom is -0.386 e. The molecular weight excluding hydrogens is 402 g/mol. The van der Waals surface area contributed by atoms with Crippen LogP contribution in [0, 0.1) is 11.6 Å². The van der Waals surface area contributed by atoms with Gasteiger partial charge in [-0.25, -0.2) is 13.6 Å². The van der Waals surface area contributed by atoms with E-state index in [0.29, 0.717) is 11.6 Å². The highest BCUT2D eigenvalue weighted by molar-refractivity contribution is 6.07. The summed E-state index contributed by atoms with van der Waals surface area (Å²) in [6.07, 6.45) is -1.29. The van der Waals surface area contributed by atoms with Gasteiger partial charge >= 0.3 is 6.03 Å². The quantitative estimate of drug-likeness (QED) is 0.596. The fourth-order valence-electron chi connectivity index (χ4n) is 3.88. The molecule has 4 rings (SSSR count). The number of aliphatic hydroxyl groups excluding tert-OH is 1. The number of amides is 3. The number of β-amino-alcohol motifs (C(OH)–C–C–N with tert-alkyl or cyclic N) is 1. The zero-order chi connectivity index (χ0) is 22.0. The van der Waals surface area contributed by atoms with E-state index in [4.69, 9.17) is 0 Å². The first-order valence-electron chi connectivity index (χ1n) is 9.77. The first kappa shape index (κ1) is 20.7. The molecule has 0 saturated carbocycles. The minimum absolute atomic E-state index is 0.192. The molecular formula is C24H20F2N2O3. The Labute approximate surface area is 177 Å². The van der Waals surface area contributed by atoms with Crippen LogP contribution in [0.25, 0.3) is 0 Å². The second-order valence-electron chi connectivity index (χ2n) is 7.46. The lowest BCUT2D eigenvalue weighted by Crippen LogP contribution is -2.46. The Morgan fingerprint density at radius 1 is 0.935 bits per heavy atom. The van der Waals surface area contributed by atoms with Gasteiger partial charge in [0.05, 0.1) is 12.6 Å². The number of carbonyl (C=O) groups is 2. The van der Waals surface area contributed by atoms with Gasteiger partial charge in [-0.1, -0.05) is 66.7 Å². The molecule has 0 bridgehead atoms. The van der Waals surface area contributed by atoms with Crippen molar-refractivity contribution in [3.05, 3.63) is 107 Å². The second kappa shape index (κ2) is 8.28. The van der Waals surface area contributed by atoms with Crippen molar-refractivity contribution in [3.8, 4) is 0 Å². The van der Waals surface area contributed by atoms with Crippen LogP contribution in [0.15, 0.2) is 78.9 Å². The standard InChI is InChI=1S/C24H20F2N2O3/c25-18-11-12-19(20(26)13-18)21(29)15-28-22(30)24(27-23(28)31,17-9-5-2-6-10-17)14-16-7-3-1-4-8-16/h1-13,21,29H,14-15H2,(H,27,31). The minimum atomic E-state index is -1.50. The smallest absolute Gasteiger partial charge is 0.325 e. The summed E-state index contributed by atoms with van der Waals surface area (Å²) < 4.78 is 27.3. The van der Waals surface area contributed by atoms with E-state index in [2.05, 4.69) is 5.32 Å². The van der Waals surface area contributed by atoms with E-state index in [1.165, 1.54) is 0 Å². The van der Waals surface area contributed by atoms with Crippen LogP contribution in [-0.4, -0.2) is 28.5 Å². The molecule has 2 atom stereocenters. The maximum Gasteiger partial charge on any atom is 0.325 e. The first-order chi connectivity index (χ1) is 14.9. The Bertz CT molecular complexity index is 1110. The van der Waals surface area contributed by atoms with Gasteiger partial charge in [0.1, 0.15) is 11.6 Å². The lowest BCUT2D eigenvalue weighted by atomic mass is 9.83. The van der Waals surface area contributed by atoms with E-state index < -0.39 is 41.8 Å². The summed E-state index contributed by atoms with van der Waals surface area (Å²) in [4.78, 5) is 27.2. The molecule has 31 heavy (non-hydrogen) atoms. The van der Waals surface area contributed by atoms with Gasteiger partial charge < -0.3 is 10.4 Å². The molecule has 0 spiro atoms. The van der Waals surface area contributed by atoms with E-state index >= 15 is 0 Å². The Hall–Kier alpha value is -3.58. The molecule has 0 radical (unpaired) electrons. The number of hydrogen-bond donors (Lipinski definition) is 2. The van der Waals surface area contributed by atoms with E-state index in [1.54, 1.807) is 30.3 Å². The number of carbonyl (C=O) groups excluding carboxylic acids is 2. The predicted molar refractivity (Wildman–Crippen MR) is 110 cm³/mol. The monoisotopic (exact) mass is 422 g/mol. The molecule has 1 fully saturated rings. The average Bonchev–Trinajstić information content (AvgIpc) is 3.00. The van der Waals surface area contributed by atoms with Crippen LogP contribution in [0.2, 0.25) is 0 Å². The molecule has 3 amide bonds. The first-order valence-corrected chi connectivity index (χ1v) is 9.77. The second-order valence-corrected chi connectivity index (χ2v) is 7.46. The summed E-state index contributed by atoms with van der Waals surface area (Å²) in [7, 11) is 0. The van der Waals surface area contributed by atoms with Crippen LogP contribution in [0.1, 0.15) is 22.8 Å². The van der Waals surface area contributed by atoms with Gasteiger partial charge in [-0.15, -0.1) is 0 Å². The predicted octanol–water partition coefficient (Wildman–Crippen LogP) is 3.69. The number of halogens is 2. The highest BCUT2D eigenvalue weighted by atomic mass is 19.1. The van der Waals surface area contributed by atoms with E-state index in [0.717, 1.165) is 22.6 Å². The van der Waals surface area contributed by atoms with Gasteiger partial charge in [0, 0.05) is 18.1 Å². The highest BCUT2D eigenvalue weighted by Crippen LogP contribution is 2.34. The molecule has 3 aromatic rings. The van der Waals surface area contributed by atoms with Crippen molar-refractivity contribution in [2.75, 3.05) is 6.54 Å². The third-order valence-corrected chi connectivity index (χ3v) is 5.43. The summed E-state index contributed by atoms with van der Waals surface area (Å²) in [6, 6.07) is 20.2. The highest BCUT2D eigenvalue weighted by Gasteiger charge is 2.52. The van der Waals surface area contributed by atoms with Crippen LogP contribution in [0.5, 0.6) is 0 Å². The fourth-order valence-corrected chi connectivity index (χ4v) is 3.88. The maximum absolute atomic E-state index is 14.1. The third-order valence-electron chi connectivity index (χ3n) is 5.43. The van der Waals surface area contributed by atoms with Crippen LogP contribution in [0.3, 0.4) is 0 Å². The summed E-state index contributed by atoms with van der Waals surface area (Å²) in [6.45, 7) is -0.462. The largest absolute Gasteiger partial charge is 0.386 e. The van der Waals surface area contributed by atoms with Gasteiger partial charge in [0.25, 0.3) is 5.91 Å². The number of nitrogens with zero attached hydrogens (tertiary/aromatic N) is 1. The van der Waals surface area contributed by atoms with Gasteiger partial charge in [0.15, 0.2) is 5.54 Å². The van der Waals surface area contributed by atoms with E-state index in [1.807, 2.05) is 30.3 Å². The van der Waals surface area contributed by atoms with Gasteiger partial charge in [-0.05, 0) is 17.2 Å².